The first-order valence-electron chi connectivity index (χ1n) is 10.1. The van der Waals surface area contributed by atoms with Gasteiger partial charge >= 0.3 is 0 Å². The first-order chi connectivity index (χ1) is 15.9. The molecule has 3 aromatic rings. The number of nitrogens with zero attached hydrogens (tertiary/aromatic N) is 2. The predicted molar refractivity (Wildman–Crippen MR) is 120 cm³/mol. The first kappa shape index (κ1) is 21.8. The number of para-hydroxylation sites is 1. The summed E-state index contributed by atoms with van der Waals surface area (Å²) in [6.07, 6.45) is 0. The number of benzene rings is 3. The van der Waals surface area contributed by atoms with Crippen LogP contribution in [0, 0.1) is 10.1 Å². The lowest BCUT2D eigenvalue weighted by molar-refractivity contribution is -0.384. The highest BCUT2D eigenvalue weighted by atomic mass is 16.6. The van der Waals surface area contributed by atoms with Crippen LogP contribution in [0.5, 0.6) is 5.75 Å². The molecule has 1 aliphatic rings. The van der Waals surface area contributed by atoms with Gasteiger partial charge in [0.1, 0.15) is 11.5 Å². The molecule has 8 nitrogen and oxygen atoms in total. The molecule has 166 valence electrons. The molecule has 1 amide bonds. The van der Waals surface area contributed by atoms with Crippen molar-refractivity contribution in [1.29, 1.82) is 0 Å². The minimum atomic E-state index is -0.841. The van der Waals surface area contributed by atoms with Gasteiger partial charge in [0, 0.05) is 23.3 Å². The highest BCUT2D eigenvalue weighted by molar-refractivity contribution is 6.46. The monoisotopic (exact) mass is 444 g/mol. The Labute approximate surface area is 189 Å². The Kier molecular flexibility index (Phi) is 5.91. The topological polar surface area (TPSA) is 110 Å². The maximum Gasteiger partial charge on any atom is 0.295 e. The Bertz CT molecular complexity index is 1250. The van der Waals surface area contributed by atoms with Crippen LogP contribution in [0.25, 0.3) is 5.76 Å². The Morgan fingerprint density at radius 1 is 1.00 bits per heavy atom. The van der Waals surface area contributed by atoms with Gasteiger partial charge in [0.2, 0.25) is 0 Å². The lowest BCUT2D eigenvalue weighted by atomic mass is 9.95. The van der Waals surface area contributed by atoms with E-state index >= 15 is 0 Å². The Hall–Kier alpha value is -4.46. The number of nitro benzene ring substituents is 1. The molecule has 0 aliphatic carbocycles. The zero-order valence-corrected chi connectivity index (χ0v) is 17.7. The number of aliphatic hydroxyl groups excluding tert-OH is 1. The number of hydrogen-bond donors (Lipinski definition) is 1. The summed E-state index contributed by atoms with van der Waals surface area (Å²) in [6, 6.07) is 20.4. The van der Waals surface area contributed by atoms with Crippen molar-refractivity contribution < 1.29 is 24.4 Å². The van der Waals surface area contributed by atoms with Gasteiger partial charge < -0.3 is 14.7 Å². The highest BCUT2D eigenvalue weighted by Crippen LogP contribution is 2.41. The number of ketones is 1. The maximum atomic E-state index is 13.1. The number of carbonyl (C=O) groups is 2. The second kappa shape index (κ2) is 8.96. The van der Waals surface area contributed by atoms with Gasteiger partial charge in [0.15, 0.2) is 0 Å². The van der Waals surface area contributed by atoms with Crippen LogP contribution in [-0.4, -0.2) is 33.7 Å². The fourth-order valence-corrected chi connectivity index (χ4v) is 3.94. The summed E-state index contributed by atoms with van der Waals surface area (Å²) in [7, 11) is 1.52. The van der Waals surface area contributed by atoms with Gasteiger partial charge in [0.25, 0.3) is 17.4 Å². The summed E-state index contributed by atoms with van der Waals surface area (Å²) in [4.78, 5) is 38.0. The van der Waals surface area contributed by atoms with Crippen LogP contribution < -0.4 is 4.74 Å². The van der Waals surface area contributed by atoms with Gasteiger partial charge in [-0.2, -0.15) is 0 Å². The van der Waals surface area contributed by atoms with Crippen molar-refractivity contribution in [3.8, 4) is 5.75 Å². The summed E-state index contributed by atoms with van der Waals surface area (Å²) >= 11 is 0. The number of rotatable bonds is 6. The Morgan fingerprint density at radius 2 is 1.64 bits per heavy atom. The third kappa shape index (κ3) is 4.06. The van der Waals surface area contributed by atoms with Crippen molar-refractivity contribution in [2.45, 2.75) is 12.6 Å². The molecular formula is C25H20N2O6. The van der Waals surface area contributed by atoms with Gasteiger partial charge in [0.05, 0.1) is 30.2 Å². The van der Waals surface area contributed by atoms with E-state index in [1.165, 1.54) is 36.3 Å². The minimum Gasteiger partial charge on any atom is -0.507 e. The lowest BCUT2D eigenvalue weighted by Crippen LogP contribution is -2.29. The van der Waals surface area contributed by atoms with Crippen LogP contribution in [0.2, 0.25) is 0 Å². The van der Waals surface area contributed by atoms with E-state index in [1.54, 1.807) is 42.5 Å². The maximum absolute atomic E-state index is 13.1. The van der Waals surface area contributed by atoms with Crippen molar-refractivity contribution in [3.63, 3.8) is 0 Å². The quantitative estimate of drug-likeness (QED) is 0.200. The zero-order valence-electron chi connectivity index (χ0n) is 17.7. The second-order valence-electron chi connectivity index (χ2n) is 7.45. The molecule has 1 N–H and O–H groups in total. The summed E-state index contributed by atoms with van der Waals surface area (Å²) in [6.45, 7) is 0.0885. The number of ether oxygens (including phenoxy) is 1. The molecule has 1 fully saturated rings. The number of aliphatic hydroxyl groups is 1. The molecule has 1 atom stereocenters. The molecule has 3 aromatic carbocycles. The average Bonchev–Trinajstić information content (AvgIpc) is 3.09. The van der Waals surface area contributed by atoms with Crippen molar-refractivity contribution in [3.05, 3.63) is 111 Å². The molecule has 1 heterocycles. The van der Waals surface area contributed by atoms with E-state index in [2.05, 4.69) is 0 Å². The van der Waals surface area contributed by atoms with Crippen molar-refractivity contribution in [2.24, 2.45) is 0 Å². The van der Waals surface area contributed by atoms with Crippen molar-refractivity contribution in [2.75, 3.05) is 7.11 Å². The molecule has 0 saturated carbocycles. The largest absolute Gasteiger partial charge is 0.507 e. The van der Waals surface area contributed by atoms with Gasteiger partial charge in [-0.05, 0) is 23.8 Å². The molecule has 1 saturated heterocycles. The van der Waals surface area contributed by atoms with E-state index < -0.39 is 22.7 Å². The van der Waals surface area contributed by atoms with E-state index in [-0.39, 0.29) is 29.1 Å². The summed E-state index contributed by atoms with van der Waals surface area (Å²) in [5.74, 6) is -1.39. The van der Waals surface area contributed by atoms with Crippen LogP contribution in [0.1, 0.15) is 22.7 Å². The van der Waals surface area contributed by atoms with E-state index in [9.17, 15) is 24.8 Å². The smallest absolute Gasteiger partial charge is 0.295 e. The predicted octanol–water partition coefficient (Wildman–Crippen LogP) is 4.23. The number of methoxy groups -OCH3 is 1. The van der Waals surface area contributed by atoms with Crippen LogP contribution in [0.4, 0.5) is 5.69 Å². The Morgan fingerprint density at radius 3 is 2.27 bits per heavy atom. The van der Waals surface area contributed by atoms with E-state index in [0.717, 1.165) is 0 Å². The number of Topliss-reactive ketones (excluding diaryl/α,β-unsaturated/α-hetero) is 1. The van der Waals surface area contributed by atoms with Gasteiger partial charge in [-0.1, -0.05) is 48.5 Å². The molecule has 1 aliphatic heterocycles. The molecule has 0 spiro atoms. The molecule has 0 aromatic heterocycles. The van der Waals surface area contributed by atoms with Gasteiger partial charge in [-0.25, -0.2) is 0 Å². The number of carbonyl (C=O) groups excluding carboxylic acids is 2. The fraction of sp³-hybridized carbons (Fsp3) is 0.120. The zero-order chi connectivity index (χ0) is 23.5. The molecule has 1 unspecified atom stereocenters. The SMILES string of the molecule is COc1ccccc1CN1C(=O)C(=O)/C(=C(\O)c2ccc([N+](=O)[O-])cc2)C1c1ccccc1. The molecule has 0 radical (unpaired) electrons. The number of nitro groups is 1. The van der Waals surface area contributed by atoms with E-state index in [0.29, 0.717) is 16.9 Å². The third-order valence-corrected chi connectivity index (χ3v) is 5.54. The van der Waals surface area contributed by atoms with Gasteiger partial charge in [-0.15, -0.1) is 0 Å². The van der Waals surface area contributed by atoms with E-state index in [4.69, 9.17) is 4.74 Å². The highest BCUT2D eigenvalue weighted by Gasteiger charge is 2.46. The average molecular weight is 444 g/mol. The third-order valence-electron chi connectivity index (χ3n) is 5.54. The number of likely N-dealkylation sites (tertiary alicyclic amines) is 1. The standard InChI is InChI=1S/C25H20N2O6/c1-33-20-10-6-5-9-18(20)15-26-22(16-7-3-2-4-8-16)21(24(29)25(26)30)23(28)17-11-13-19(14-12-17)27(31)32/h2-14,22,28H,15H2,1H3/b23-21-. The lowest BCUT2D eigenvalue weighted by Gasteiger charge is -2.26. The van der Waals surface area contributed by atoms with Crippen molar-refractivity contribution in [1.82, 2.24) is 4.90 Å². The van der Waals surface area contributed by atoms with Crippen LogP contribution >= 0.6 is 0 Å². The fourth-order valence-electron chi connectivity index (χ4n) is 3.94. The number of amides is 1. The molecular weight excluding hydrogens is 424 g/mol. The van der Waals surface area contributed by atoms with Crippen LogP contribution in [-0.2, 0) is 16.1 Å². The molecule has 33 heavy (non-hydrogen) atoms. The second-order valence-corrected chi connectivity index (χ2v) is 7.45. The Balaban J connectivity index is 1.84. The molecule has 0 bridgehead atoms. The molecule has 8 heteroatoms. The number of hydrogen-bond acceptors (Lipinski definition) is 6. The summed E-state index contributed by atoms with van der Waals surface area (Å²) in [5.41, 5.74) is 1.34. The summed E-state index contributed by atoms with van der Waals surface area (Å²) in [5, 5.41) is 22.0. The molecule has 4 rings (SSSR count). The van der Waals surface area contributed by atoms with E-state index in [1.807, 2.05) is 12.1 Å². The summed E-state index contributed by atoms with van der Waals surface area (Å²) < 4.78 is 5.39. The number of non-ortho nitro benzene ring substituents is 1. The van der Waals surface area contributed by atoms with Crippen LogP contribution in [0.3, 0.4) is 0 Å². The van der Waals surface area contributed by atoms with Crippen molar-refractivity contribution >= 4 is 23.1 Å². The van der Waals surface area contributed by atoms with Crippen LogP contribution in [0.15, 0.2) is 84.4 Å². The van der Waals surface area contributed by atoms with Gasteiger partial charge in [-0.3, -0.25) is 19.7 Å². The first-order valence-corrected chi connectivity index (χ1v) is 10.1. The minimum absolute atomic E-state index is 0.0741. The normalized spacial score (nSPS) is 17.2.